The highest BCUT2D eigenvalue weighted by Crippen LogP contribution is 2.27. The summed E-state index contributed by atoms with van der Waals surface area (Å²) in [6, 6.07) is 17.4. The normalized spacial score (nSPS) is 11.6. The van der Waals surface area contributed by atoms with Crippen molar-refractivity contribution in [1.29, 1.82) is 10.5 Å². The highest BCUT2D eigenvalue weighted by atomic mass is 16.5. The molecule has 1 aromatic heterocycles. The average Bonchev–Trinajstić information content (AvgIpc) is 2.84. The van der Waals surface area contributed by atoms with Crippen molar-refractivity contribution in [2.24, 2.45) is 0 Å². The first kappa shape index (κ1) is 25.4. The van der Waals surface area contributed by atoms with Gasteiger partial charge in [0.2, 0.25) is 5.95 Å². The molecule has 8 heteroatoms. The number of benzene rings is 2. The fraction of sp³-hybridized carbons (Fsp3) is 0.259. The Morgan fingerprint density at radius 2 is 1.74 bits per heavy atom. The number of nitrogens with zero attached hydrogens (tertiary/aromatic N) is 4. The molecular weight excluding hydrogens is 438 g/mol. The second kappa shape index (κ2) is 12.3. The fourth-order valence-electron chi connectivity index (χ4n) is 3.60. The van der Waals surface area contributed by atoms with E-state index in [-0.39, 0.29) is 6.04 Å². The highest BCUT2D eigenvalue weighted by Gasteiger charge is 2.11. The molecule has 0 radical (unpaired) electrons. The van der Waals surface area contributed by atoms with Crippen LogP contribution < -0.4 is 16.0 Å². The minimum absolute atomic E-state index is 0.166. The summed E-state index contributed by atoms with van der Waals surface area (Å²) in [6.07, 6.45) is 3.26. The van der Waals surface area contributed by atoms with E-state index in [0.29, 0.717) is 30.5 Å². The smallest absolute Gasteiger partial charge is 0.229 e. The number of nitriles is 2. The third-order valence-corrected chi connectivity index (χ3v) is 5.26. The van der Waals surface area contributed by atoms with E-state index in [2.05, 4.69) is 38.9 Å². The van der Waals surface area contributed by atoms with Crippen molar-refractivity contribution in [2.45, 2.75) is 33.4 Å². The first-order valence-electron chi connectivity index (χ1n) is 11.2. The first-order valence-corrected chi connectivity index (χ1v) is 11.2. The van der Waals surface area contributed by atoms with E-state index in [4.69, 9.17) is 15.3 Å². The second-order valence-corrected chi connectivity index (χ2v) is 8.24. The third kappa shape index (κ3) is 7.38. The van der Waals surface area contributed by atoms with Crippen LogP contribution in [0.4, 0.5) is 23.1 Å². The van der Waals surface area contributed by atoms with Crippen LogP contribution in [0.3, 0.4) is 0 Å². The molecule has 0 aliphatic rings. The predicted octanol–water partition coefficient (Wildman–Crippen LogP) is 5.11. The summed E-state index contributed by atoms with van der Waals surface area (Å²) < 4.78 is 5.21. The van der Waals surface area contributed by atoms with Gasteiger partial charge in [0.25, 0.3) is 0 Å². The molecule has 0 fully saturated rings. The van der Waals surface area contributed by atoms with Gasteiger partial charge in [0.1, 0.15) is 5.82 Å². The van der Waals surface area contributed by atoms with Crippen molar-refractivity contribution in [3.63, 3.8) is 0 Å². The summed E-state index contributed by atoms with van der Waals surface area (Å²) in [4.78, 5) is 9.34. The Morgan fingerprint density at radius 1 is 1.03 bits per heavy atom. The van der Waals surface area contributed by atoms with Gasteiger partial charge in [-0.2, -0.15) is 15.5 Å². The molecule has 3 N–H and O–H groups in total. The van der Waals surface area contributed by atoms with Crippen molar-refractivity contribution in [3.8, 4) is 12.1 Å². The molecule has 0 saturated heterocycles. The van der Waals surface area contributed by atoms with Gasteiger partial charge in [0.15, 0.2) is 0 Å². The van der Waals surface area contributed by atoms with Gasteiger partial charge < -0.3 is 20.7 Å². The number of rotatable bonds is 10. The van der Waals surface area contributed by atoms with Gasteiger partial charge in [-0.15, -0.1) is 0 Å². The van der Waals surface area contributed by atoms with Crippen molar-refractivity contribution in [1.82, 2.24) is 15.3 Å². The minimum Gasteiger partial charge on any atom is -0.383 e. The van der Waals surface area contributed by atoms with Gasteiger partial charge in [-0.05, 0) is 79.9 Å². The average molecular weight is 468 g/mol. The van der Waals surface area contributed by atoms with Gasteiger partial charge in [-0.25, -0.2) is 4.98 Å². The van der Waals surface area contributed by atoms with Gasteiger partial charge in [-0.3, -0.25) is 0 Å². The molecule has 8 nitrogen and oxygen atoms in total. The van der Waals surface area contributed by atoms with Crippen LogP contribution in [0.2, 0.25) is 0 Å². The summed E-state index contributed by atoms with van der Waals surface area (Å²) >= 11 is 0. The number of anilines is 4. The number of aryl methyl sites for hydroxylation is 2. The number of aromatic nitrogens is 2. The summed E-state index contributed by atoms with van der Waals surface area (Å²) in [5.74, 6) is 1.10. The van der Waals surface area contributed by atoms with E-state index in [1.165, 1.54) is 6.08 Å². The molecule has 3 rings (SSSR count). The Labute approximate surface area is 206 Å². The Morgan fingerprint density at radius 3 is 2.37 bits per heavy atom. The monoisotopic (exact) mass is 467 g/mol. The zero-order chi connectivity index (χ0) is 25.2. The lowest BCUT2D eigenvalue weighted by Gasteiger charge is -2.17. The maximum atomic E-state index is 9.04. The SMILES string of the molecule is COCC(C)NCc1cc(Nc2c(C)cc(/C=C/C#N)cc2C)nc(Nc2ccc(C#N)cc2)n1. The van der Waals surface area contributed by atoms with Gasteiger partial charge in [0, 0.05) is 43.2 Å². The molecule has 0 aliphatic carbocycles. The maximum absolute atomic E-state index is 9.04. The van der Waals surface area contributed by atoms with Crippen LogP contribution in [0.1, 0.15) is 34.9 Å². The van der Waals surface area contributed by atoms with E-state index >= 15 is 0 Å². The van der Waals surface area contributed by atoms with Crippen LogP contribution in [0.25, 0.3) is 6.08 Å². The molecule has 0 spiro atoms. The molecule has 1 unspecified atom stereocenters. The van der Waals surface area contributed by atoms with E-state index < -0.39 is 0 Å². The Kier molecular flexibility index (Phi) is 8.91. The number of nitrogens with one attached hydrogen (secondary N) is 3. The molecule has 178 valence electrons. The van der Waals surface area contributed by atoms with Gasteiger partial charge >= 0.3 is 0 Å². The van der Waals surface area contributed by atoms with Crippen molar-refractivity contribution < 1.29 is 4.74 Å². The zero-order valence-corrected chi connectivity index (χ0v) is 20.4. The van der Waals surface area contributed by atoms with E-state index in [1.54, 1.807) is 25.3 Å². The van der Waals surface area contributed by atoms with Crippen LogP contribution in [-0.2, 0) is 11.3 Å². The second-order valence-electron chi connectivity index (χ2n) is 8.24. The van der Waals surface area contributed by atoms with Gasteiger partial charge in [0.05, 0.1) is 30.0 Å². The lowest BCUT2D eigenvalue weighted by atomic mass is 10.0. The lowest BCUT2D eigenvalue weighted by Crippen LogP contribution is -2.30. The number of allylic oxidation sites excluding steroid dienone is 1. The van der Waals surface area contributed by atoms with E-state index in [9.17, 15) is 0 Å². The first-order chi connectivity index (χ1) is 16.9. The molecule has 35 heavy (non-hydrogen) atoms. The Balaban J connectivity index is 1.91. The number of methoxy groups -OCH3 is 1. The zero-order valence-electron chi connectivity index (χ0n) is 20.4. The molecule has 0 aliphatic heterocycles. The Hall–Kier alpha value is -4.24. The summed E-state index contributed by atoms with van der Waals surface area (Å²) in [5.41, 5.74) is 6.18. The molecule has 1 heterocycles. The van der Waals surface area contributed by atoms with Crippen LogP contribution >= 0.6 is 0 Å². The fourth-order valence-corrected chi connectivity index (χ4v) is 3.60. The topological polar surface area (TPSA) is 119 Å². The summed E-state index contributed by atoms with van der Waals surface area (Å²) in [6.45, 7) is 7.22. The Bertz CT molecular complexity index is 1250. The highest BCUT2D eigenvalue weighted by molar-refractivity contribution is 5.69. The molecule has 2 aromatic carbocycles. The van der Waals surface area contributed by atoms with Crippen molar-refractivity contribution in [3.05, 3.63) is 76.5 Å². The van der Waals surface area contributed by atoms with Crippen LogP contribution in [-0.4, -0.2) is 29.7 Å². The summed E-state index contributed by atoms with van der Waals surface area (Å²) in [5, 5.41) is 27.9. The van der Waals surface area contributed by atoms with Crippen LogP contribution in [0.15, 0.2) is 48.5 Å². The minimum atomic E-state index is 0.166. The molecule has 0 saturated carbocycles. The van der Waals surface area contributed by atoms with Crippen molar-refractivity contribution in [2.75, 3.05) is 24.4 Å². The van der Waals surface area contributed by atoms with E-state index in [0.717, 1.165) is 33.8 Å². The summed E-state index contributed by atoms with van der Waals surface area (Å²) in [7, 11) is 1.68. The van der Waals surface area contributed by atoms with E-state index in [1.807, 2.05) is 50.2 Å². The molecule has 3 aromatic rings. The van der Waals surface area contributed by atoms with Crippen LogP contribution in [0.5, 0.6) is 0 Å². The third-order valence-electron chi connectivity index (χ3n) is 5.26. The standard InChI is InChI=1S/C27H29N7O/c1-18-12-22(6-5-11-28)13-19(2)26(18)33-25-14-24(16-30-20(3)17-35-4)32-27(34-25)31-23-9-7-21(15-29)8-10-23/h5-10,12-14,20,30H,16-17H2,1-4H3,(H2,31,32,33,34)/b6-5+. The quantitative estimate of drug-likeness (QED) is 0.352. The molecule has 1 atom stereocenters. The predicted molar refractivity (Wildman–Crippen MR) is 138 cm³/mol. The largest absolute Gasteiger partial charge is 0.383 e. The molecule has 0 amide bonds. The number of hydrogen-bond acceptors (Lipinski definition) is 8. The molecule has 0 bridgehead atoms. The van der Waals surface area contributed by atoms with Crippen LogP contribution in [0, 0.1) is 36.5 Å². The van der Waals surface area contributed by atoms with Gasteiger partial charge in [-0.1, -0.05) is 0 Å². The maximum Gasteiger partial charge on any atom is 0.229 e. The lowest BCUT2D eigenvalue weighted by molar-refractivity contribution is 0.171. The molecular formula is C27H29N7O. The number of ether oxygens (including phenoxy) is 1. The number of hydrogen-bond donors (Lipinski definition) is 3. The van der Waals surface area contributed by atoms with Crippen molar-refractivity contribution >= 4 is 29.2 Å².